The number of nitrogens with one attached hydrogen (secondary N) is 3. The maximum Gasteiger partial charge on any atom is 0.245 e. The smallest absolute Gasteiger partial charge is 0.245 e. The molecular formula is C17H31N5OS2. The summed E-state index contributed by atoms with van der Waals surface area (Å²) >= 11 is 11.3. The van der Waals surface area contributed by atoms with Crippen LogP contribution in [0.15, 0.2) is 0 Å². The molecule has 2 fully saturated rings. The van der Waals surface area contributed by atoms with Crippen molar-refractivity contribution in [3.63, 3.8) is 0 Å². The largest absolute Gasteiger partial charge is 0.363 e. The fourth-order valence-electron chi connectivity index (χ4n) is 3.97. The van der Waals surface area contributed by atoms with Gasteiger partial charge < -0.3 is 25.8 Å². The Bertz CT molecular complexity index is 539. The second-order valence-corrected chi connectivity index (χ2v) is 8.07. The molecule has 142 valence electrons. The first-order valence-corrected chi connectivity index (χ1v) is 10.0. The Morgan fingerprint density at radius 1 is 1.32 bits per heavy atom. The third-order valence-electron chi connectivity index (χ3n) is 5.24. The quantitative estimate of drug-likeness (QED) is 0.600. The standard InChI is InChI=1S/C17H31N5OS2/c1-5-7-8-17(22-12-13(23)20-15(22)25)16(3,4)19-10-11-21(17)14(24)18-9-6-2/h19H,5-12H2,1-4H3,(H,18,24)(H,20,23,25). The van der Waals surface area contributed by atoms with E-state index in [0.717, 1.165) is 50.4 Å². The van der Waals surface area contributed by atoms with E-state index in [-0.39, 0.29) is 18.0 Å². The van der Waals surface area contributed by atoms with Gasteiger partial charge in [0.05, 0.1) is 5.54 Å². The molecule has 0 bridgehead atoms. The van der Waals surface area contributed by atoms with Crippen molar-refractivity contribution in [2.45, 2.75) is 64.6 Å². The van der Waals surface area contributed by atoms with Crippen molar-refractivity contribution in [2.75, 3.05) is 26.2 Å². The first kappa shape index (κ1) is 20.3. The Labute approximate surface area is 162 Å². The highest BCUT2D eigenvalue weighted by atomic mass is 32.1. The lowest BCUT2D eigenvalue weighted by Gasteiger charge is -2.61. The van der Waals surface area contributed by atoms with Crippen LogP contribution in [0.1, 0.15) is 53.4 Å². The monoisotopic (exact) mass is 385 g/mol. The van der Waals surface area contributed by atoms with Crippen LogP contribution in [0.25, 0.3) is 0 Å². The summed E-state index contributed by atoms with van der Waals surface area (Å²) in [5.41, 5.74) is -0.760. The van der Waals surface area contributed by atoms with E-state index < -0.39 is 5.66 Å². The highest BCUT2D eigenvalue weighted by Gasteiger charge is 2.58. The molecular weight excluding hydrogens is 354 g/mol. The summed E-state index contributed by atoms with van der Waals surface area (Å²) in [5.74, 6) is -0.0466. The molecule has 0 radical (unpaired) electrons. The van der Waals surface area contributed by atoms with E-state index >= 15 is 0 Å². The highest BCUT2D eigenvalue weighted by molar-refractivity contribution is 7.80. The minimum atomic E-state index is -0.477. The molecule has 8 heteroatoms. The van der Waals surface area contributed by atoms with Crippen molar-refractivity contribution < 1.29 is 4.79 Å². The number of carbonyl (C=O) groups is 1. The summed E-state index contributed by atoms with van der Waals surface area (Å²) in [6.45, 7) is 11.4. The molecule has 6 nitrogen and oxygen atoms in total. The van der Waals surface area contributed by atoms with Gasteiger partial charge in [-0.15, -0.1) is 0 Å². The number of piperazine rings is 1. The van der Waals surface area contributed by atoms with Gasteiger partial charge in [0.15, 0.2) is 10.2 Å². The number of nitrogens with zero attached hydrogens (tertiary/aromatic N) is 2. The van der Waals surface area contributed by atoms with Gasteiger partial charge in [0.25, 0.3) is 0 Å². The Kier molecular flexibility index (Phi) is 6.62. The van der Waals surface area contributed by atoms with Gasteiger partial charge >= 0.3 is 0 Å². The van der Waals surface area contributed by atoms with E-state index in [0.29, 0.717) is 5.11 Å². The average molecular weight is 386 g/mol. The molecule has 0 aromatic carbocycles. The van der Waals surface area contributed by atoms with Crippen LogP contribution in [0, 0.1) is 0 Å². The van der Waals surface area contributed by atoms with Crippen LogP contribution in [-0.4, -0.2) is 63.3 Å². The Balaban J connectivity index is 2.48. The molecule has 2 heterocycles. The lowest BCUT2D eigenvalue weighted by molar-refractivity contribution is -0.122. The predicted octanol–water partition coefficient (Wildman–Crippen LogP) is 1.56. The van der Waals surface area contributed by atoms with E-state index in [1.807, 2.05) is 4.90 Å². The third kappa shape index (κ3) is 3.75. The minimum absolute atomic E-state index is 0.0466. The number of carbonyl (C=O) groups excluding carboxylic acids is 1. The van der Waals surface area contributed by atoms with Crippen molar-refractivity contribution in [1.29, 1.82) is 0 Å². The zero-order valence-corrected chi connectivity index (χ0v) is 17.4. The molecule has 0 aliphatic carbocycles. The zero-order chi connectivity index (χ0) is 18.7. The highest BCUT2D eigenvalue weighted by Crippen LogP contribution is 2.40. The molecule has 1 amide bonds. The molecule has 0 aromatic heterocycles. The molecule has 0 aromatic rings. The van der Waals surface area contributed by atoms with Gasteiger partial charge in [0, 0.05) is 19.6 Å². The second-order valence-electron chi connectivity index (χ2n) is 7.29. The van der Waals surface area contributed by atoms with E-state index in [2.05, 4.69) is 48.5 Å². The van der Waals surface area contributed by atoms with E-state index in [4.69, 9.17) is 24.4 Å². The number of hydrogen-bond donors (Lipinski definition) is 3. The molecule has 2 rings (SSSR count). The van der Waals surface area contributed by atoms with Crippen LogP contribution in [-0.2, 0) is 4.79 Å². The van der Waals surface area contributed by atoms with Gasteiger partial charge in [-0.3, -0.25) is 4.79 Å². The van der Waals surface area contributed by atoms with Gasteiger partial charge in [-0.25, -0.2) is 0 Å². The Hall–Kier alpha value is -0.990. The first-order chi connectivity index (χ1) is 11.8. The summed E-state index contributed by atoms with van der Waals surface area (Å²) in [4.78, 5) is 16.4. The minimum Gasteiger partial charge on any atom is -0.363 e. The van der Waals surface area contributed by atoms with E-state index in [1.54, 1.807) is 0 Å². The third-order valence-corrected chi connectivity index (χ3v) is 5.93. The molecule has 2 aliphatic rings. The zero-order valence-electron chi connectivity index (χ0n) is 15.8. The summed E-state index contributed by atoms with van der Waals surface area (Å²) in [6.07, 6.45) is 4.00. The van der Waals surface area contributed by atoms with Crippen molar-refractivity contribution in [2.24, 2.45) is 0 Å². The van der Waals surface area contributed by atoms with Crippen molar-refractivity contribution >= 4 is 40.6 Å². The van der Waals surface area contributed by atoms with Crippen LogP contribution in [0.3, 0.4) is 0 Å². The summed E-state index contributed by atoms with van der Waals surface area (Å²) in [6, 6.07) is 0. The average Bonchev–Trinajstić information content (AvgIpc) is 2.89. The van der Waals surface area contributed by atoms with Gasteiger partial charge in [0.2, 0.25) is 5.91 Å². The lowest BCUT2D eigenvalue weighted by Crippen LogP contribution is -2.80. The summed E-state index contributed by atoms with van der Waals surface area (Å²) in [5, 5.41) is 11.1. The number of amides is 1. The molecule has 2 saturated heterocycles. The molecule has 1 unspecified atom stereocenters. The molecule has 0 saturated carbocycles. The van der Waals surface area contributed by atoms with Crippen LogP contribution in [0.2, 0.25) is 0 Å². The van der Waals surface area contributed by atoms with Crippen LogP contribution in [0.5, 0.6) is 0 Å². The molecule has 3 N–H and O–H groups in total. The number of rotatable bonds is 6. The number of thiocarbonyl (C=S) groups is 2. The van der Waals surface area contributed by atoms with Crippen LogP contribution < -0.4 is 16.0 Å². The van der Waals surface area contributed by atoms with Gasteiger partial charge in [-0.1, -0.05) is 20.3 Å². The summed E-state index contributed by atoms with van der Waals surface area (Å²) in [7, 11) is 0. The summed E-state index contributed by atoms with van der Waals surface area (Å²) < 4.78 is 0. The number of unbranched alkanes of at least 4 members (excludes halogenated alkanes) is 1. The first-order valence-electron chi connectivity index (χ1n) is 9.22. The number of hydrogen-bond acceptors (Lipinski definition) is 4. The maximum absolute atomic E-state index is 12.1. The van der Waals surface area contributed by atoms with Crippen LogP contribution >= 0.6 is 24.4 Å². The molecule has 1 atom stereocenters. The van der Waals surface area contributed by atoms with E-state index in [1.165, 1.54) is 0 Å². The fourth-order valence-corrected chi connectivity index (χ4v) is 4.64. The lowest BCUT2D eigenvalue weighted by atomic mass is 9.78. The Morgan fingerprint density at radius 2 is 2.04 bits per heavy atom. The van der Waals surface area contributed by atoms with Crippen molar-refractivity contribution in [3.05, 3.63) is 0 Å². The SMILES string of the molecule is CCCCC1(N2CC(=O)NC2=S)N(C(=S)NCCC)CCNC1(C)C. The topological polar surface area (TPSA) is 59.6 Å². The van der Waals surface area contributed by atoms with Crippen molar-refractivity contribution in [1.82, 2.24) is 25.8 Å². The molecule has 25 heavy (non-hydrogen) atoms. The van der Waals surface area contributed by atoms with Gasteiger partial charge in [-0.05, 0) is 57.5 Å². The maximum atomic E-state index is 12.1. The normalized spacial score (nSPS) is 25.9. The Morgan fingerprint density at radius 3 is 2.60 bits per heavy atom. The second kappa shape index (κ2) is 8.14. The molecule has 2 aliphatic heterocycles. The predicted molar refractivity (Wildman–Crippen MR) is 109 cm³/mol. The van der Waals surface area contributed by atoms with Gasteiger partial charge in [-0.2, -0.15) is 0 Å². The van der Waals surface area contributed by atoms with E-state index in [9.17, 15) is 4.79 Å². The van der Waals surface area contributed by atoms with Gasteiger partial charge in [0.1, 0.15) is 12.2 Å². The molecule has 0 spiro atoms. The van der Waals surface area contributed by atoms with Crippen LogP contribution in [0.4, 0.5) is 0 Å². The van der Waals surface area contributed by atoms with Crippen molar-refractivity contribution in [3.8, 4) is 0 Å². The fraction of sp³-hybridized carbons (Fsp3) is 0.824.